The molecule has 1 nitrogen and oxygen atoms in total. The molecule has 0 fully saturated rings. The normalized spacial score (nSPS) is 11.4. The van der Waals surface area contributed by atoms with E-state index in [2.05, 4.69) is 68.4 Å². The lowest BCUT2D eigenvalue weighted by Crippen LogP contribution is -1.78. The maximum atomic E-state index is 10.2. The first kappa shape index (κ1) is 15.7. The highest BCUT2D eigenvalue weighted by atomic mass is 16.3. The Balaban J connectivity index is 2.00. The summed E-state index contributed by atoms with van der Waals surface area (Å²) in [5.41, 5.74) is 12.0. The Morgan fingerprint density at radius 1 is 0.520 bits per heavy atom. The van der Waals surface area contributed by atoms with Crippen molar-refractivity contribution >= 4 is 0 Å². The van der Waals surface area contributed by atoms with Crippen molar-refractivity contribution in [1.29, 1.82) is 0 Å². The highest BCUT2D eigenvalue weighted by molar-refractivity contribution is 5.90. The molecule has 1 heteroatoms. The molecule has 0 heterocycles. The van der Waals surface area contributed by atoms with E-state index < -0.39 is 0 Å². The van der Waals surface area contributed by atoms with Gasteiger partial charge in [0.1, 0.15) is 5.75 Å². The van der Waals surface area contributed by atoms with Crippen LogP contribution in [0.15, 0.2) is 54.6 Å². The van der Waals surface area contributed by atoms with Gasteiger partial charge in [0.15, 0.2) is 0 Å². The van der Waals surface area contributed by atoms with Gasteiger partial charge >= 0.3 is 0 Å². The van der Waals surface area contributed by atoms with Crippen LogP contribution >= 0.6 is 0 Å². The van der Waals surface area contributed by atoms with Gasteiger partial charge in [-0.15, -0.1) is 0 Å². The van der Waals surface area contributed by atoms with Gasteiger partial charge in [-0.3, -0.25) is 0 Å². The number of hydrogen-bond acceptors (Lipinski definition) is 1. The third kappa shape index (κ3) is 2.23. The van der Waals surface area contributed by atoms with Gasteiger partial charge < -0.3 is 5.11 Å². The van der Waals surface area contributed by atoms with Crippen molar-refractivity contribution in [2.45, 2.75) is 27.7 Å². The molecule has 4 rings (SSSR count). The minimum absolute atomic E-state index is 0.418. The Labute approximate surface area is 149 Å². The topological polar surface area (TPSA) is 20.2 Å². The first-order valence-electron chi connectivity index (χ1n) is 8.71. The van der Waals surface area contributed by atoms with Crippen LogP contribution < -0.4 is 0 Å². The molecule has 0 aromatic heterocycles. The summed E-state index contributed by atoms with van der Waals surface area (Å²) in [5.74, 6) is 0.418. The average molecular weight is 326 g/mol. The summed E-state index contributed by atoms with van der Waals surface area (Å²) < 4.78 is 0. The first-order chi connectivity index (χ1) is 12.0. The summed E-state index contributed by atoms with van der Waals surface area (Å²) >= 11 is 0. The monoisotopic (exact) mass is 326 g/mol. The third-order valence-corrected chi connectivity index (χ3v) is 5.55. The fraction of sp³-hybridized carbons (Fsp3) is 0.167. The maximum absolute atomic E-state index is 10.2. The van der Waals surface area contributed by atoms with Crippen molar-refractivity contribution < 1.29 is 5.11 Å². The van der Waals surface area contributed by atoms with Gasteiger partial charge in [0.2, 0.25) is 0 Å². The number of aromatic hydroxyl groups is 1. The molecule has 0 unspecified atom stereocenters. The van der Waals surface area contributed by atoms with Crippen molar-refractivity contribution in [2.24, 2.45) is 0 Å². The van der Waals surface area contributed by atoms with Crippen LogP contribution in [-0.4, -0.2) is 5.11 Å². The lowest BCUT2D eigenvalue weighted by molar-refractivity contribution is 0.470. The minimum atomic E-state index is 0.418. The third-order valence-electron chi connectivity index (χ3n) is 5.55. The molecule has 25 heavy (non-hydrogen) atoms. The van der Waals surface area contributed by atoms with Crippen LogP contribution in [0.5, 0.6) is 5.75 Å². The van der Waals surface area contributed by atoms with Gasteiger partial charge in [0.25, 0.3) is 0 Å². The molecule has 0 aromatic carbocycles. The number of rotatable bonds is 1. The van der Waals surface area contributed by atoms with Crippen LogP contribution in [0, 0.1) is 27.7 Å². The van der Waals surface area contributed by atoms with Gasteiger partial charge in [-0.05, 0) is 83.3 Å². The lowest BCUT2D eigenvalue weighted by Gasteiger charge is -2.01. The standard InChI is InChI=1S/C24H22O/c1-14-19-8-6-5-7-9-20(19)15(2)23(14)18-10-12-21-16(3)24(25)17(4)22(21)13-11-18/h5-13,25H,1-4H3. The molecule has 0 atom stereocenters. The summed E-state index contributed by atoms with van der Waals surface area (Å²) in [6.45, 7) is 8.38. The zero-order chi connectivity index (χ0) is 17.7. The van der Waals surface area contributed by atoms with Crippen molar-refractivity contribution in [1.82, 2.24) is 0 Å². The molecule has 0 aromatic rings. The summed E-state index contributed by atoms with van der Waals surface area (Å²) in [5, 5.41) is 10.2. The van der Waals surface area contributed by atoms with Crippen molar-refractivity contribution in [3.05, 3.63) is 76.9 Å². The smallest absolute Gasteiger partial charge is 0.122 e. The Morgan fingerprint density at radius 3 is 1.44 bits per heavy atom. The molecular weight excluding hydrogens is 304 g/mol. The number of hydrogen-bond donors (Lipinski definition) is 1. The molecule has 124 valence electrons. The van der Waals surface area contributed by atoms with E-state index in [-0.39, 0.29) is 0 Å². The van der Waals surface area contributed by atoms with Crippen LogP contribution in [0.4, 0.5) is 0 Å². The second kappa shape index (κ2) is 5.63. The maximum Gasteiger partial charge on any atom is 0.122 e. The molecule has 0 radical (unpaired) electrons. The largest absolute Gasteiger partial charge is 0.507 e. The molecule has 0 bridgehead atoms. The Kier molecular flexibility index (Phi) is 3.54. The zero-order valence-corrected chi connectivity index (χ0v) is 15.1. The Bertz CT molecular complexity index is 966. The molecule has 0 aliphatic heterocycles. The predicted molar refractivity (Wildman–Crippen MR) is 106 cm³/mol. The van der Waals surface area contributed by atoms with E-state index in [1.54, 1.807) is 0 Å². The lowest BCUT2D eigenvalue weighted by atomic mass is 10.0. The van der Waals surface area contributed by atoms with Crippen LogP contribution in [0.1, 0.15) is 22.3 Å². The molecule has 4 aliphatic carbocycles. The molecule has 4 aliphatic rings. The fourth-order valence-corrected chi connectivity index (χ4v) is 4.12. The summed E-state index contributed by atoms with van der Waals surface area (Å²) in [6.07, 6.45) is 0. The highest BCUT2D eigenvalue weighted by Gasteiger charge is 2.19. The van der Waals surface area contributed by atoms with Gasteiger partial charge in [-0.2, -0.15) is 0 Å². The predicted octanol–water partition coefficient (Wildman–Crippen LogP) is 6.50. The summed E-state index contributed by atoms with van der Waals surface area (Å²) in [6, 6.07) is 19.3. The quantitative estimate of drug-likeness (QED) is 0.423. The zero-order valence-electron chi connectivity index (χ0n) is 15.1. The Morgan fingerprint density at radius 2 is 0.960 bits per heavy atom. The van der Waals surface area contributed by atoms with E-state index in [0.717, 1.165) is 22.3 Å². The second-order valence-electron chi connectivity index (χ2n) is 6.91. The molecule has 0 saturated heterocycles. The van der Waals surface area contributed by atoms with Gasteiger partial charge in [0, 0.05) is 0 Å². The van der Waals surface area contributed by atoms with E-state index in [0.29, 0.717) is 5.75 Å². The number of fused-ring (bicyclic) bond motifs is 2. The van der Waals surface area contributed by atoms with Crippen LogP contribution in [-0.2, 0) is 0 Å². The second-order valence-corrected chi connectivity index (χ2v) is 6.91. The summed E-state index contributed by atoms with van der Waals surface area (Å²) in [7, 11) is 0. The van der Waals surface area contributed by atoms with Crippen LogP contribution in [0.3, 0.4) is 0 Å². The van der Waals surface area contributed by atoms with Gasteiger partial charge in [-0.1, -0.05) is 54.6 Å². The van der Waals surface area contributed by atoms with E-state index in [4.69, 9.17) is 0 Å². The first-order valence-corrected chi connectivity index (χ1v) is 8.71. The van der Waals surface area contributed by atoms with Gasteiger partial charge in [0.05, 0.1) is 0 Å². The molecule has 1 N–H and O–H groups in total. The summed E-state index contributed by atoms with van der Waals surface area (Å²) in [4.78, 5) is 0. The van der Waals surface area contributed by atoms with Crippen LogP contribution in [0.25, 0.3) is 33.4 Å². The van der Waals surface area contributed by atoms with Crippen molar-refractivity contribution in [3.63, 3.8) is 0 Å². The van der Waals surface area contributed by atoms with E-state index >= 15 is 0 Å². The Hall–Kier alpha value is -2.80. The SMILES string of the molecule is Cc1c2ccc(-c3c(C)c4cccccc-4c3C)ccc-2c(C)c1O. The average Bonchev–Trinajstić information content (AvgIpc) is 2.87. The molecule has 0 spiro atoms. The van der Waals surface area contributed by atoms with Crippen molar-refractivity contribution in [3.8, 4) is 39.1 Å². The van der Waals surface area contributed by atoms with E-state index in [1.165, 1.54) is 33.4 Å². The van der Waals surface area contributed by atoms with Gasteiger partial charge in [-0.25, -0.2) is 0 Å². The molecular formula is C24H22O. The van der Waals surface area contributed by atoms with Crippen molar-refractivity contribution in [2.75, 3.05) is 0 Å². The van der Waals surface area contributed by atoms with E-state index in [1.807, 2.05) is 13.8 Å². The van der Waals surface area contributed by atoms with E-state index in [9.17, 15) is 5.11 Å². The molecule has 0 saturated carbocycles. The minimum Gasteiger partial charge on any atom is -0.507 e. The molecule has 0 amide bonds. The fourth-order valence-electron chi connectivity index (χ4n) is 4.12. The highest BCUT2D eigenvalue weighted by Crippen LogP contribution is 2.44. The van der Waals surface area contributed by atoms with Crippen LogP contribution in [0.2, 0.25) is 0 Å².